The summed E-state index contributed by atoms with van der Waals surface area (Å²) in [6.07, 6.45) is 0. The fourth-order valence-electron chi connectivity index (χ4n) is 1.75. The van der Waals surface area contributed by atoms with Crippen molar-refractivity contribution in [3.8, 4) is 11.5 Å². The first-order valence-corrected chi connectivity index (χ1v) is 6.74. The highest BCUT2D eigenvalue weighted by molar-refractivity contribution is 7.80. The molecule has 20 heavy (non-hydrogen) atoms. The lowest BCUT2D eigenvalue weighted by molar-refractivity contribution is 0.297. The van der Waals surface area contributed by atoms with E-state index < -0.39 is 0 Å². The van der Waals surface area contributed by atoms with E-state index in [0.717, 1.165) is 16.9 Å². The maximum Gasteiger partial charge on any atom is 0.138 e. The summed E-state index contributed by atoms with van der Waals surface area (Å²) in [5.74, 6) is 1.36. The zero-order chi connectivity index (χ0) is 14.5. The molecule has 0 fully saturated rings. The third kappa shape index (κ3) is 3.40. The Bertz CT molecular complexity index is 631. The number of ether oxygens (including phenoxy) is 2. The molecule has 2 aromatic carbocycles. The number of rotatable bonds is 5. The van der Waals surface area contributed by atoms with Crippen molar-refractivity contribution in [3.63, 3.8) is 0 Å². The van der Waals surface area contributed by atoms with Gasteiger partial charge >= 0.3 is 0 Å². The minimum atomic E-state index is 0.308. The Hall–Kier alpha value is -1.78. The molecule has 3 nitrogen and oxygen atoms in total. The third-order valence-electron chi connectivity index (χ3n) is 2.79. The summed E-state index contributed by atoms with van der Waals surface area (Å²) in [6, 6.07) is 12.9. The van der Waals surface area contributed by atoms with E-state index in [1.807, 2.05) is 24.3 Å². The minimum Gasteiger partial charge on any atom is -0.496 e. The summed E-state index contributed by atoms with van der Waals surface area (Å²) < 4.78 is 11.0. The van der Waals surface area contributed by atoms with Gasteiger partial charge in [0.05, 0.1) is 12.1 Å². The molecule has 2 N–H and O–H groups in total. The van der Waals surface area contributed by atoms with E-state index >= 15 is 0 Å². The number of thiocarbonyl (C=S) groups is 1. The molecule has 5 heteroatoms. The van der Waals surface area contributed by atoms with Gasteiger partial charge in [0, 0.05) is 11.1 Å². The summed E-state index contributed by atoms with van der Waals surface area (Å²) in [7, 11) is 1.63. The predicted octanol–water partition coefficient (Wildman–Crippen LogP) is 3.56. The quantitative estimate of drug-likeness (QED) is 0.858. The second-order valence-corrected chi connectivity index (χ2v) is 4.96. The third-order valence-corrected chi connectivity index (χ3v) is 3.32. The second kappa shape index (κ2) is 6.59. The molecule has 2 rings (SSSR count). The van der Waals surface area contributed by atoms with E-state index in [1.54, 1.807) is 25.3 Å². The number of para-hydroxylation sites is 1. The molecule has 0 aromatic heterocycles. The molecule has 0 unspecified atom stereocenters. The summed E-state index contributed by atoms with van der Waals surface area (Å²) in [5, 5.41) is 0.477. The lowest BCUT2D eigenvalue weighted by Crippen LogP contribution is -2.09. The van der Waals surface area contributed by atoms with Crippen molar-refractivity contribution in [2.45, 2.75) is 6.61 Å². The van der Waals surface area contributed by atoms with Crippen molar-refractivity contribution in [1.29, 1.82) is 0 Å². The van der Waals surface area contributed by atoms with Crippen molar-refractivity contribution in [1.82, 2.24) is 0 Å². The summed E-state index contributed by atoms with van der Waals surface area (Å²) in [6.45, 7) is 0.371. The van der Waals surface area contributed by atoms with Gasteiger partial charge in [-0.2, -0.15) is 0 Å². The van der Waals surface area contributed by atoms with Crippen LogP contribution in [0.15, 0.2) is 42.5 Å². The average molecular weight is 308 g/mol. The predicted molar refractivity (Wildman–Crippen MR) is 84.7 cm³/mol. The maximum absolute atomic E-state index is 6.14. The molecule has 104 valence electrons. The second-order valence-electron chi connectivity index (χ2n) is 4.11. The van der Waals surface area contributed by atoms with E-state index in [2.05, 4.69) is 0 Å². The zero-order valence-corrected chi connectivity index (χ0v) is 12.5. The summed E-state index contributed by atoms with van der Waals surface area (Å²) in [5.41, 5.74) is 7.22. The normalized spacial score (nSPS) is 10.1. The fourth-order valence-corrected chi connectivity index (χ4v) is 2.11. The largest absolute Gasteiger partial charge is 0.496 e. The van der Waals surface area contributed by atoms with Crippen LogP contribution in [0.5, 0.6) is 11.5 Å². The van der Waals surface area contributed by atoms with Crippen LogP contribution in [-0.4, -0.2) is 12.1 Å². The van der Waals surface area contributed by atoms with Gasteiger partial charge in [-0.05, 0) is 24.3 Å². The molecule has 0 aliphatic heterocycles. The van der Waals surface area contributed by atoms with Crippen molar-refractivity contribution in [2.24, 2.45) is 5.73 Å². The monoisotopic (exact) mass is 307 g/mol. The van der Waals surface area contributed by atoms with Crippen molar-refractivity contribution in [2.75, 3.05) is 7.11 Å². The molecule has 0 radical (unpaired) electrons. The van der Waals surface area contributed by atoms with Crippen LogP contribution in [0.3, 0.4) is 0 Å². The van der Waals surface area contributed by atoms with E-state index in [4.69, 9.17) is 39.0 Å². The van der Waals surface area contributed by atoms with Crippen LogP contribution < -0.4 is 15.2 Å². The van der Waals surface area contributed by atoms with Crippen LogP contribution in [0.2, 0.25) is 5.02 Å². The SMILES string of the molecule is COc1ccccc1COc1ccc(C(N)=S)cc1Cl. The standard InChI is InChI=1S/C15H14ClNO2S/c1-18-13-5-3-2-4-11(13)9-19-14-7-6-10(15(17)20)8-12(14)16/h2-8H,9H2,1H3,(H2,17,20). The molecule has 0 bridgehead atoms. The van der Waals surface area contributed by atoms with Crippen LogP contribution in [0.1, 0.15) is 11.1 Å². The van der Waals surface area contributed by atoms with E-state index in [1.165, 1.54) is 0 Å². The van der Waals surface area contributed by atoms with E-state index in [0.29, 0.717) is 22.4 Å². The Labute approximate surface area is 128 Å². The number of nitrogens with two attached hydrogens (primary N) is 1. The first-order chi connectivity index (χ1) is 9.61. The Kier molecular flexibility index (Phi) is 4.82. The highest BCUT2D eigenvalue weighted by Gasteiger charge is 2.07. The van der Waals surface area contributed by atoms with Gasteiger partial charge in [0.25, 0.3) is 0 Å². The molecule has 2 aromatic rings. The van der Waals surface area contributed by atoms with Gasteiger partial charge < -0.3 is 15.2 Å². The van der Waals surface area contributed by atoms with Crippen molar-refractivity contribution < 1.29 is 9.47 Å². The first kappa shape index (κ1) is 14.6. The van der Waals surface area contributed by atoms with Crippen LogP contribution in [0.25, 0.3) is 0 Å². The molecule has 0 heterocycles. The van der Waals surface area contributed by atoms with Crippen LogP contribution in [0, 0.1) is 0 Å². The van der Waals surface area contributed by atoms with E-state index in [9.17, 15) is 0 Å². The number of halogens is 1. The fraction of sp³-hybridized carbons (Fsp3) is 0.133. The van der Waals surface area contributed by atoms with Gasteiger partial charge in [0.2, 0.25) is 0 Å². The first-order valence-electron chi connectivity index (χ1n) is 5.96. The molecule has 0 aliphatic carbocycles. The molecule has 0 aliphatic rings. The Morgan fingerprint density at radius 2 is 1.95 bits per heavy atom. The number of benzene rings is 2. The van der Waals surface area contributed by atoms with Crippen LogP contribution >= 0.6 is 23.8 Å². The highest BCUT2D eigenvalue weighted by Crippen LogP contribution is 2.27. The highest BCUT2D eigenvalue weighted by atomic mass is 35.5. The average Bonchev–Trinajstić information content (AvgIpc) is 2.46. The van der Waals surface area contributed by atoms with Gasteiger partial charge in [-0.25, -0.2) is 0 Å². The van der Waals surface area contributed by atoms with Gasteiger partial charge in [0.1, 0.15) is 23.1 Å². The van der Waals surface area contributed by atoms with Crippen molar-refractivity contribution in [3.05, 3.63) is 58.6 Å². The molecular formula is C15H14ClNO2S. The number of hydrogen-bond donors (Lipinski definition) is 1. The molecule has 0 spiro atoms. The lowest BCUT2D eigenvalue weighted by atomic mass is 10.2. The molecule has 0 saturated heterocycles. The Morgan fingerprint density at radius 3 is 2.60 bits per heavy atom. The number of hydrogen-bond acceptors (Lipinski definition) is 3. The van der Waals surface area contributed by atoms with Crippen molar-refractivity contribution >= 4 is 28.8 Å². The zero-order valence-electron chi connectivity index (χ0n) is 10.9. The Balaban J connectivity index is 2.13. The van der Waals surface area contributed by atoms with Gasteiger partial charge in [-0.3, -0.25) is 0 Å². The van der Waals surface area contributed by atoms with Crippen LogP contribution in [0.4, 0.5) is 0 Å². The minimum absolute atomic E-state index is 0.308. The summed E-state index contributed by atoms with van der Waals surface area (Å²) >= 11 is 11.0. The molecule has 0 saturated carbocycles. The summed E-state index contributed by atoms with van der Waals surface area (Å²) in [4.78, 5) is 0.308. The van der Waals surface area contributed by atoms with E-state index in [-0.39, 0.29) is 0 Å². The van der Waals surface area contributed by atoms with Gasteiger partial charge in [-0.1, -0.05) is 42.0 Å². The van der Waals surface area contributed by atoms with Gasteiger partial charge in [0.15, 0.2) is 0 Å². The molecular weight excluding hydrogens is 294 g/mol. The lowest BCUT2D eigenvalue weighted by Gasteiger charge is -2.11. The Morgan fingerprint density at radius 1 is 1.20 bits per heavy atom. The topological polar surface area (TPSA) is 44.5 Å². The van der Waals surface area contributed by atoms with Crippen LogP contribution in [-0.2, 0) is 6.61 Å². The molecule has 0 atom stereocenters. The maximum atomic E-state index is 6.14. The number of methoxy groups -OCH3 is 1. The van der Waals surface area contributed by atoms with Gasteiger partial charge in [-0.15, -0.1) is 0 Å². The smallest absolute Gasteiger partial charge is 0.138 e. The molecule has 0 amide bonds.